The first-order valence-corrected chi connectivity index (χ1v) is 12.0. The van der Waals surface area contributed by atoms with Crippen molar-refractivity contribution >= 4 is 0 Å². The second-order valence-corrected chi connectivity index (χ2v) is 9.18. The number of hydrogen-bond donors (Lipinski definition) is 0. The van der Waals surface area contributed by atoms with Gasteiger partial charge in [-0.3, -0.25) is 0 Å². The lowest BCUT2D eigenvalue weighted by molar-refractivity contribution is -0.244. The first kappa shape index (κ1) is 25.3. The minimum Gasteiger partial charge on any atom is -0.315 e. The molecule has 0 bridgehead atoms. The molecular formula is C29H35F3O. The van der Waals surface area contributed by atoms with Crippen LogP contribution in [0.4, 0.5) is 13.2 Å². The van der Waals surface area contributed by atoms with Crippen molar-refractivity contribution in [2.75, 3.05) is 0 Å². The van der Waals surface area contributed by atoms with E-state index < -0.39 is 25.0 Å². The number of ether oxygens (including phenoxy) is 1. The van der Waals surface area contributed by atoms with Gasteiger partial charge in [0.1, 0.15) is 5.82 Å². The lowest BCUT2D eigenvalue weighted by Crippen LogP contribution is -2.24. The van der Waals surface area contributed by atoms with Gasteiger partial charge in [0.05, 0.1) is 13.0 Å². The highest BCUT2D eigenvalue weighted by Crippen LogP contribution is 2.38. The van der Waals surface area contributed by atoms with Crippen LogP contribution in [0.2, 0.25) is 0 Å². The molecule has 178 valence electrons. The number of aryl methyl sites for hydroxylation is 1. The zero-order valence-corrected chi connectivity index (χ0v) is 19.4. The van der Waals surface area contributed by atoms with Gasteiger partial charge in [0, 0.05) is 5.56 Å². The predicted octanol–water partition coefficient (Wildman–Crippen LogP) is 8.54. The van der Waals surface area contributed by atoms with Gasteiger partial charge in [-0.15, -0.1) is 13.2 Å². The van der Waals surface area contributed by atoms with Gasteiger partial charge >= 0.3 is 6.11 Å². The predicted molar refractivity (Wildman–Crippen MR) is 129 cm³/mol. The molecule has 0 atom stereocenters. The van der Waals surface area contributed by atoms with Crippen LogP contribution in [0.3, 0.4) is 0 Å². The molecule has 0 saturated heterocycles. The van der Waals surface area contributed by atoms with E-state index in [-0.39, 0.29) is 5.56 Å². The molecule has 0 aliphatic heterocycles. The number of alkyl halides is 2. The van der Waals surface area contributed by atoms with Gasteiger partial charge in [0.2, 0.25) is 0 Å². The van der Waals surface area contributed by atoms with Crippen LogP contribution in [0.15, 0.2) is 67.8 Å². The third-order valence-corrected chi connectivity index (χ3v) is 6.68. The second-order valence-electron chi connectivity index (χ2n) is 9.18. The topological polar surface area (TPSA) is 9.23 Å². The van der Waals surface area contributed by atoms with E-state index in [1.807, 2.05) is 30.4 Å². The molecule has 3 rings (SSSR count). The molecule has 0 heterocycles. The normalized spacial score (nSPS) is 18.8. The SMILES string of the molecule is C=CCCc1ccc(CC(F)(F)OCc2ccc(C3CCC(CCC=C)CC3)cc2F)cc1. The minimum absolute atomic E-state index is 0.165. The van der Waals surface area contributed by atoms with Crippen LogP contribution in [0.25, 0.3) is 0 Å². The van der Waals surface area contributed by atoms with Crippen LogP contribution in [0.1, 0.15) is 73.1 Å². The molecule has 1 aliphatic rings. The van der Waals surface area contributed by atoms with Gasteiger partial charge in [-0.2, -0.15) is 8.78 Å². The van der Waals surface area contributed by atoms with Crippen LogP contribution in [0, 0.1) is 11.7 Å². The Morgan fingerprint density at radius 2 is 1.58 bits per heavy atom. The number of allylic oxidation sites excluding steroid dienone is 2. The van der Waals surface area contributed by atoms with E-state index in [2.05, 4.69) is 13.2 Å². The number of halogens is 3. The van der Waals surface area contributed by atoms with Crippen molar-refractivity contribution in [3.8, 4) is 0 Å². The Morgan fingerprint density at radius 1 is 0.909 bits per heavy atom. The average Bonchev–Trinajstić information content (AvgIpc) is 2.81. The molecule has 0 radical (unpaired) electrons. The lowest BCUT2D eigenvalue weighted by Gasteiger charge is -2.28. The molecule has 0 amide bonds. The highest BCUT2D eigenvalue weighted by molar-refractivity contribution is 5.27. The third kappa shape index (κ3) is 7.89. The molecule has 33 heavy (non-hydrogen) atoms. The summed E-state index contributed by atoms with van der Waals surface area (Å²) >= 11 is 0. The van der Waals surface area contributed by atoms with Crippen molar-refractivity contribution in [1.82, 2.24) is 0 Å². The molecule has 4 heteroatoms. The highest BCUT2D eigenvalue weighted by atomic mass is 19.3. The maximum absolute atomic E-state index is 14.7. The van der Waals surface area contributed by atoms with E-state index in [4.69, 9.17) is 4.74 Å². The Kier molecular flexibility index (Phi) is 9.37. The lowest BCUT2D eigenvalue weighted by atomic mass is 9.77. The number of hydrogen-bond acceptors (Lipinski definition) is 1. The summed E-state index contributed by atoms with van der Waals surface area (Å²) in [5.74, 6) is 0.594. The molecule has 2 aromatic carbocycles. The van der Waals surface area contributed by atoms with Crippen LogP contribution in [-0.2, 0) is 24.2 Å². The molecule has 0 N–H and O–H groups in total. The van der Waals surface area contributed by atoms with Gasteiger partial charge in [-0.05, 0) is 86.0 Å². The van der Waals surface area contributed by atoms with Crippen LogP contribution >= 0.6 is 0 Å². The molecule has 0 unspecified atom stereocenters. The van der Waals surface area contributed by atoms with Crippen molar-refractivity contribution in [2.24, 2.45) is 5.92 Å². The average molecular weight is 457 g/mol. The summed E-state index contributed by atoms with van der Waals surface area (Å²) in [7, 11) is 0. The van der Waals surface area contributed by atoms with E-state index in [0.717, 1.165) is 62.0 Å². The molecule has 1 fully saturated rings. The number of rotatable bonds is 12. The molecule has 1 aliphatic carbocycles. The van der Waals surface area contributed by atoms with E-state index in [1.165, 1.54) is 12.5 Å². The largest absolute Gasteiger partial charge is 0.360 e. The summed E-state index contributed by atoms with van der Waals surface area (Å²) in [6, 6.07) is 12.1. The van der Waals surface area contributed by atoms with Crippen LogP contribution in [0.5, 0.6) is 0 Å². The van der Waals surface area contributed by atoms with Gasteiger partial charge in [-0.25, -0.2) is 4.39 Å². The van der Waals surface area contributed by atoms with E-state index in [9.17, 15) is 13.2 Å². The fraction of sp³-hybridized carbons (Fsp3) is 0.448. The Balaban J connectivity index is 1.51. The highest BCUT2D eigenvalue weighted by Gasteiger charge is 2.31. The first-order chi connectivity index (χ1) is 15.9. The van der Waals surface area contributed by atoms with Crippen molar-refractivity contribution < 1.29 is 17.9 Å². The fourth-order valence-corrected chi connectivity index (χ4v) is 4.64. The smallest absolute Gasteiger partial charge is 0.315 e. The monoisotopic (exact) mass is 456 g/mol. The zero-order chi connectivity index (χ0) is 23.7. The Morgan fingerprint density at radius 3 is 2.21 bits per heavy atom. The maximum Gasteiger partial charge on any atom is 0.360 e. The summed E-state index contributed by atoms with van der Waals surface area (Å²) in [5, 5.41) is 0. The first-order valence-electron chi connectivity index (χ1n) is 12.0. The maximum atomic E-state index is 14.7. The molecule has 1 saturated carbocycles. The second kappa shape index (κ2) is 12.2. The summed E-state index contributed by atoms with van der Waals surface area (Å²) in [6.45, 7) is 7.02. The fourth-order valence-electron chi connectivity index (χ4n) is 4.64. The van der Waals surface area contributed by atoms with Crippen molar-refractivity contribution in [3.63, 3.8) is 0 Å². The quantitative estimate of drug-likeness (QED) is 0.291. The van der Waals surface area contributed by atoms with E-state index in [1.54, 1.807) is 18.2 Å². The van der Waals surface area contributed by atoms with E-state index in [0.29, 0.717) is 11.5 Å². The van der Waals surface area contributed by atoms with Crippen molar-refractivity contribution in [2.45, 2.75) is 76.4 Å². The van der Waals surface area contributed by atoms with Crippen molar-refractivity contribution in [1.29, 1.82) is 0 Å². The standard InChI is InChI=1S/C29H35F3O/c1-3-5-7-22-9-11-24(12-10-22)20-29(31,32)33-21-27-18-17-26(19-28(27)30)25-15-13-23(14-16-25)8-6-4-2/h3-4,9-12,17-19,23,25H,1-2,5-8,13-16,20-21H2. The summed E-state index contributed by atoms with van der Waals surface area (Å²) in [6.07, 6.45) is 8.18. The summed E-state index contributed by atoms with van der Waals surface area (Å²) in [4.78, 5) is 0. The Labute approximate surface area is 196 Å². The van der Waals surface area contributed by atoms with Crippen LogP contribution in [-0.4, -0.2) is 6.11 Å². The molecule has 0 aromatic heterocycles. The number of benzene rings is 2. The van der Waals surface area contributed by atoms with Crippen molar-refractivity contribution in [3.05, 3.63) is 95.8 Å². The van der Waals surface area contributed by atoms with Crippen LogP contribution < -0.4 is 0 Å². The van der Waals surface area contributed by atoms with Gasteiger partial charge in [-0.1, -0.05) is 48.6 Å². The molecular weight excluding hydrogens is 421 g/mol. The Bertz CT molecular complexity index is 896. The summed E-state index contributed by atoms with van der Waals surface area (Å²) < 4.78 is 48.2. The third-order valence-electron chi connectivity index (χ3n) is 6.68. The van der Waals surface area contributed by atoms with E-state index >= 15 is 0 Å². The summed E-state index contributed by atoms with van der Waals surface area (Å²) in [5.41, 5.74) is 2.69. The molecule has 0 spiro atoms. The zero-order valence-electron chi connectivity index (χ0n) is 19.4. The van der Waals surface area contributed by atoms with Gasteiger partial charge < -0.3 is 4.74 Å². The minimum atomic E-state index is -3.36. The Hall–Kier alpha value is -2.33. The van der Waals surface area contributed by atoms with Gasteiger partial charge in [0.15, 0.2) is 0 Å². The molecule has 2 aromatic rings. The molecule has 1 nitrogen and oxygen atoms in total. The van der Waals surface area contributed by atoms with Gasteiger partial charge in [0.25, 0.3) is 0 Å².